The normalized spacial score (nSPS) is 24.3. The highest BCUT2D eigenvalue weighted by atomic mass is 32.2. The molecular weight excluding hydrogens is 324 g/mol. The fourth-order valence-corrected chi connectivity index (χ4v) is 4.22. The molecule has 1 unspecified atom stereocenters. The van der Waals surface area contributed by atoms with Crippen LogP contribution in [0.25, 0.3) is 0 Å². The summed E-state index contributed by atoms with van der Waals surface area (Å²) in [7, 11) is 1.64. The number of thioether (sulfide) groups is 1. The third-order valence-electron chi connectivity index (χ3n) is 4.21. The largest absolute Gasteiger partial charge is 0.497 e. The summed E-state index contributed by atoms with van der Waals surface area (Å²) in [6, 6.07) is 7.15. The van der Waals surface area contributed by atoms with Crippen molar-refractivity contribution in [3.63, 3.8) is 0 Å². The smallest absolute Gasteiger partial charge is 0.326 e. The van der Waals surface area contributed by atoms with Crippen molar-refractivity contribution in [2.45, 2.75) is 32.7 Å². The third-order valence-corrected chi connectivity index (χ3v) is 5.49. The number of benzene rings is 1. The molecule has 24 heavy (non-hydrogen) atoms. The zero-order valence-corrected chi connectivity index (χ0v) is 14.9. The molecule has 0 fully saturated rings. The molecule has 3 rings (SSSR count). The maximum atomic E-state index is 11.3. The number of ether oxygens (including phenoxy) is 1. The second-order valence-electron chi connectivity index (χ2n) is 6.93. The van der Waals surface area contributed by atoms with Gasteiger partial charge in [0.15, 0.2) is 0 Å². The number of allylic oxidation sites excluding steroid dienone is 2. The number of aliphatic imine (C=N–C) groups is 1. The standard InChI is InChI=1S/C18H22N2O3S/c1-18(2)8-13(19-11-4-6-12(23-3)7-5-11)16-14(9-18)20-15(10-24-16)17(21)22/h4-7,15,20H,8-10H2,1-3H3,(H,21,22). The molecule has 1 aliphatic heterocycles. The van der Waals surface area contributed by atoms with Crippen LogP contribution in [0.2, 0.25) is 0 Å². The van der Waals surface area contributed by atoms with Crippen LogP contribution in [-0.2, 0) is 4.79 Å². The third kappa shape index (κ3) is 3.59. The average Bonchev–Trinajstić information content (AvgIpc) is 2.54. The predicted molar refractivity (Wildman–Crippen MR) is 97.1 cm³/mol. The monoisotopic (exact) mass is 346 g/mol. The van der Waals surface area contributed by atoms with Gasteiger partial charge in [-0.25, -0.2) is 4.79 Å². The van der Waals surface area contributed by atoms with Gasteiger partial charge in [-0.05, 0) is 42.5 Å². The van der Waals surface area contributed by atoms with E-state index in [-0.39, 0.29) is 5.41 Å². The van der Waals surface area contributed by atoms with Crippen molar-refractivity contribution in [1.29, 1.82) is 0 Å². The Hall–Kier alpha value is -1.95. The number of carboxylic acid groups (broad SMARTS) is 1. The summed E-state index contributed by atoms with van der Waals surface area (Å²) in [6.45, 7) is 4.38. The lowest BCUT2D eigenvalue weighted by molar-refractivity contribution is -0.138. The molecule has 1 aromatic rings. The molecule has 0 bridgehead atoms. The summed E-state index contributed by atoms with van der Waals surface area (Å²) in [5.74, 6) is 0.530. The van der Waals surface area contributed by atoms with E-state index in [1.807, 2.05) is 24.3 Å². The fourth-order valence-electron chi connectivity index (χ4n) is 3.07. The van der Waals surface area contributed by atoms with E-state index in [1.165, 1.54) is 0 Å². The lowest BCUT2D eigenvalue weighted by atomic mass is 9.78. The highest BCUT2D eigenvalue weighted by molar-refractivity contribution is 8.04. The molecule has 0 amide bonds. The second kappa shape index (κ2) is 6.51. The summed E-state index contributed by atoms with van der Waals surface area (Å²) in [6.07, 6.45) is 1.73. The zero-order chi connectivity index (χ0) is 17.3. The van der Waals surface area contributed by atoms with Gasteiger partial charge in [0.25, 0.3) is 0 Å². The van der Waals surface area contributed by atoms with Gasteiger partial charge >= 0.3 is 5.97 Å². The average molecular weight is 346 g/mol. The number of carbonyl (C=O) groups is 1. The van der Waals surface area contributed by atoms with Crippen molar-refractivity contribution in [2.75, 3.05) is 12.9 Å². The van der Waals surface area contributed by atoms with E-state index in [1.54, 1.807) is 18.9 Å². The van der Waals surface area contributed by atoms with E-state index in [2.05, 4.69) is 19.2 Å². The molecule has 0 spiro atoms. The van der Waals surface area contributed by atoms with Gasteiger partial charge in [-0.15, -0.1) is 11.8 Å². The van der Waals surface area contributed by atoms with Gasteiger partial charge in [0.1, 0.15) is 11.8 Å². The van der Waals surface area contributed by atoms with Gasteiger partial charge in [0.2, 0.25) is 0 Å². The summed E-state index contributed by atoms with van der Waals surface area (Å²) < 4.78 is 5.18. The summed E-state index contributed by atoms with van der Waals surface area (Å²) >= 11 is 1.60. The van der Waals surface area contributed by atoms with Gasteiger partial charge in [-0.2, -0.15) is 0 Å². The zero-order valence-electron chi connectivity index (χ0n) is 14.1. The Morgan fingerprint density at radius 3 is 2.67 bits per heavy atom. The quantitative estimate of drug-likeness (QED) is 0.875. The molecule has 1 aliphatic carbocycles. The van der Waals surface area contributed by atoms with Gasteiger partial charge in [0.05, 0.1) is 18.5 Å². The SMILES string of the molecule is COc1ccc(N=C2CC(C)(C)CC3=C2SCC(C(=O)O)N3)cc1. The number of aliphatic carboxylic acids is 1. The molecule has 0 aromatic heterocycles. The van der Waals surface area contributed by atoms with E-state index in [0.717, 1.165) is 40.6 Å². The Balaban J connectivity index is 1.94. The van der Waals surface area contributed by atoms with Crippen LogP contribution in [0, 0.1) is 5.41 Å². The molecule has 0 saturated heterocycles. The van der Waals surface area contributed by atoms with E-state index >= 15 is 0 Å². The van der Waals surface area contributed by atoms with E-state index in [9.17, 15) is 9.90 Å². The van der Waals surface area contributed by atoms with Crippen LogP contribution >= 0.6 is 11.8 Å². The Labute approximate surface area is 146 Å². The molecule has 2 aliphatic rings. The summed E-state index contributed by atoms with van der Waals surface area (Å²) in [5.41, 5.74) is 2.99. The van der Waals surface area contributed by atoms with Gasteiger partial charge in [-0.3, -0.25) is 4.99 Å². The van der Waals surface area contributed by atoms with Crippen LogP contribution in [-0.4, -0.2) is 35.7 Å². The van der Waals surface area contributed by atoms with Crippen LogP contribution in [0.4, 0.5) is 5.69 Å². The molecule has 6 heteroatoms. The highest BCUT2D eigenvalue weighted by Crippen LogP contribution is 2.43. The minimum absolute atomic E-state index is 0.0537. The number of nitrogens with one attached hydrogen (secondary N) is 1. The number of hydrogen-bond acceptors (Lipinski definition) is 5. The first-order valence-corrected chi connectivity index (χ1v) is 8.94. The van der Waals surface area contributed by atoms with Crippen molar-refractivity contribution < 1.29 is 14.6 Å². The molecule has 1 aromatic carbocycles. The number of nitrogens with zero attached hydrogens (tertiary/aromatic N) is 1. The molecular formula is C18H22N2O3S. The number of hydrogen-bond donors (Lipinski definition) is 2. The van der Waals surface area contributed by atoms with Crippen molar-refractivity contribution >= 4 is 29.1 Å². The van der Waals surface area contributed by atoms with E-state index in [4.69, 9.17) is 9.73 Å². The van der Waals surface area contributed by atoms with Gasteiger partial charge in [0, 0.05) is 16.4 Å². The first-order valence-electron chi connectivity index (χ1n) is 7.95. The minimum Gasteiger partial charge on any atom is -0.497 e. The molecule has 5 nitrogen and oxygen atoms in total. The molecule has 1 atom stereocenters. The Bertz CT molecular complexity index is 707. The second-order valence-corrected chi connectivity index (χ2v) is 7.96. The van der Waals surface area contributed by atoms with Crippen LogP contribution in [0.5, 0.6) is 5.75 Å². The van der Waals surface area contributed by atoms with Gasteiger partial charge < -0.3 is 15.2 Å². The fraction of sp³-hybridized carbons (Fsp3) is 0.444. The first-order chi connectivity index (χ1) is 11.4. The van der Waals surface area contributed by atoms with Crippen LogP contribution in [0.3, 0.4) is 0 Å². The lowest BCUT2D eigenvalue weighted by Crippen LogP contribution is -2.44. The predicted octanol–water partition coefficient (Wildman–Crippen LogP) is 3.59. The van der Waals surface area contributed by atoms with Crippen LogP contribution in [0.1, 0.15) is 26.7 Å². The molecule has 0 radical (unpaired) electrons. The Morgan fingerprint density at radius 1 is 1.33 bits per heavy atom. The maximum absolute atomic E-state index is 11.3. The highest BCUT2D eigenvalue weighted by Gasteiger charge is 2.36. The minimum atomic E-state index is -0.800. The van der Waals surface area contributed by atoms with E-state index < -0.39 is 12.0 Å². The lowest BCUT2D eigenvalue weighted by Gasteiger charge is -2.38. The van der Waals surface area contributed by atoms with Gasteiger partial charge in [-0.1, -0.05) is 13.8 Å². The van der Waals surface area contributed by atoms with Crippen LogP contribution in [0.15, 0.2) is 39.9 Å². The van der Waals surface area contributed by atoms with Crippen molar-refractivity contribution in [2.24, 2.45) is 10.4 Å². The Kier molecular flexibility index (Phi) is 4.58. The molecule has 1 heterocycles. The molecule has 128 valence electrons. The van der Waals surface area contributed by atoms with Crippen molar-refractivity contribution in [3.05, 3.63) is 34.9 Å². The summed E-state index contributed by atoms with van der Waals surface area (Å²) in [4.78, 5) is 17.2. The summed E-state index contributed by atoms with van der Waals surface area (Å²) in [5, 5.41) is 12.5. The topological polar surface area (TPSA) is 70.9 Å². The van der Waals surface area contributed by atoms with Crippen molar-refractivity contribution in [3.8, 4) is 5.75 Å². The van der Waals surface area contributed by atoms with Crippen molar-refractivity contribution in [1.82, 2.24) is 5.32 Å². The molecule has 0 saturated carbocycles. The number of carboxylic acids is 1. The number of rotatable bonds is 3. The first kappa shape index (κ1) is 16.9. The molecule has 2 N–H and O–H groups in total. The maximum Gasteiger partial charge on any atom is 0.326 e. The number of methoxy groups -OCH3 is 1. The Morgan fingerprint density at radius 2 is 2.04 bits per heavy atom. The van der Waals surface area contributed by atoms with E-state index in [0.29, 0.717) is 5.75 Å². The van der Waals surface area contributed by atoms with Crippen LogP contribution < -0.4 is 10.1 Å².